The first-order valence-electron chi connectivity index (χ1n) is 6.67. The fourth-order valence-electron chi connectivity index (χ4n) is 1.56. The summed E-state index contributed by atoms with van der Waals surface area (Å²) in [7, 11) is 0. The molecule has 2 heterocycles. The zero-order valence-corrected chi connectivity index (χ0v) is 13.9. The molecule has 0 aromatic carbocycles. The lowest BCUT2D eigenvalue weighted by molar-refractivity contribution is -0.142. The van der Waals surface area contributed by atoms with Crippen molar-refractivity contribution in [1.29, 1.82) is 0 Å². The molecule has 0 unspecified atom stereocenters. The maximum atomic E-state index is 11.7. The van der Waals surface area contributed by atoms with Gasteiger partial charge in [-0.25, -0.2) is 9.78 Å². The van der Waals surface area contributed by atoms with E-state index >= 15 is 0 Å². The maximum absolute atomic E-state index is 11.7. The van der Waals surface area contributed by atoms with E-state index in [9.17, 15) is 14.4 Å². The van der Waals surface area contributed by atoms with Crippen molar-refractivity contribution in [3.05, 3.63) is 33.5 Å². The molecule has 1 amide bonds. The van der Waals surface area contributed by atoms with Crippen LogP contribution in [0.4, 0.5) is 5.13 Å². The number of carbonyl (C=O) groups is 3. The molecule has 2 rings (SSSR count). The van der Waals surface area contributed by atoms with Crippen molar-refractivity contribution >= 4 is 45.7 Å². The second kappa shape index (κ2) is 8.39. The molecule has 2 aromatic heterocycles. The first kappa shape index (κ1) is 17.1. The zero-order valence-electron chi connectivity index (χ0n) is 12.2. The second-order valence-electron chi connectivity index (χ2n) is 4.26. The average molecular weight is 354 g/mol. The molecule has 0 saturated carbocycles. The molecule has 9 heteroatoms. The molecule has 1 N–H and O–H groups in total. The van der Waals surface area contributed by atoms with Crippen molar-refractivity contribution in [2.24, 2.45) is 0 Å². The summed E-state index contributed by atoms with van der Waals surface area (Å²) in [6, 6.07) is 1.62. The molecule has 0 aliphatic heterocycles. The van der Waals surface area contributed by atoms with Crippen LogP contribution >= 0.6 is 22.7 Å². The van der Waals surface area contributed by atoms with E-state index in [0.717, 1.165) is 0 Å². The van der Waals surface area contributed by atoms with Crippen LogP contribution in [0, 0.1) is 0 Å². The largest absolute Gasteiger partial charge is 0.466 e. The number of amides is 1. The highest BCUT2D eigenvalue weighted by molar-refractivity contribution is 7.14. The van der Waals surface area contributed by atoms with Crippen molar-refractivity contribution in [3.8, 4) is 0 Å². The topological polar surface area (TPSA) is 94.6 Å². The summed E-state index contributed by atoms with van der Waals surface area (Å²) in [6.07, 6.45) is 0.0490. The monoisotopic (exact) mass is 354 g/mol. The molecule has 0 aliphatic rings. The van der Waals surface area contributed by atoms with Gasteiger partial charge in [0.25, 0.3) is 5.91 Å². The number of aromatic nitrogens is 1. The lowest BCUT2D eigenvalue weighted by atomic mass is 10.3. The van der Waals surface area contributed by atoms with E-state index in [2.05, 4.69) is 10.3 Å². The molecule has 0 saturated heterocycles. The van der Waals surface area contributed by atoms with Crippen molar-refractivity contribution in [1.82, 2.24) is 4.98 Å². The highest BCUT2D eigenvalue weighted by Gasteiger charge is 2.13. The van der Waals surface area contributed by atoms with E-state index in [1.165, 1.54) is 22.7 Å². The Morgan fingerprint density at radius 2 is 2.09 bits per heavy atom. The Balaban J connectivity index is 1.78. The van der Waals surface area contributed by atoms with E-state index in [1.807, 2.05) is 0 Å². The fourth-order valence-corrected chi connectivity index (χ4v) is 2.91. The van der Waals surface area contributed by atoms with Gasteiger partial charge in [-0.3, -0.25) is 14.9 Å². The minimum absolute atomic E-state index is 0.0490. The van der Waals surface area contributed by atoms with E-state index in [1.54, 1.807) is 29.1 Å². The maximum Gasteiger partial charge on any atom is 0.339 e. The summed E-state index contributed by atoms with van der Waals surface area (Å²) in [4.78, 5) is 38.7. The Morgan fingerprint density at radius 3 is 2.78 bits per heavy atom. The van der Waals surface area contributed by atoms with Gasteiger partial charge in [0.2, 0.25) is 0 Å². The van der Waals surface area contributed by atoms with Gasteiger partial charge in [0, 0.05) is 10.8 Å². The van der Waals surface area contributed by atoms with Gasteiger partial charge in [-0.05, 0) is 18.4 Å². The Hall–Kier alpha value is -2.26. The van der Waals surface area contributed by atoms with Crippen LogP contribution in [0.15, 0.2) is 22.2 Å². The number of thiazole rings is 1. The van der Waals surface area contributed by atoms with Crippen LogP contribution in [-0.4, -0.2) is 36.0 Å². The number of esters is 2. The summed E-state index contributed by atoms with van der Waals surface area (Å²) in [5.74, 6) is -1.42. The Labute approximate surface area is 140 Å². The van der Waals surface area contributed by atoms with Crippen LogP contribution in [0.2, 0.25) is 0 Å². The number of thiophene rings is 1. The van der Waals surface area contributed by atoms with Gasteiger partial charge in [-0.2, -0.15) is 11.3 Å². The molecule has 122 valence electrons. The zero-order chi connectivity index (χ0) is 16.7. The molecule has 7 nitrogen and oxygen atoms in total. The van der Waals surface area contributed by atoms with Gasteiger partial charge >= 0.3 is 11.9 Å². The molecule has 0 spiro atoms. The molecular weight excluding hydrogens is 340 g/mol. The predicted molar refractivity (Wildman–Crippen MR) is 85.7 cm³/mol. The summed E-state index contributed by atoms with van der Waals surface area (Å²) < 4.78 is 9.70. The van der Waals surface area contributed by atoms with Crippen molar-refractivity contribution in [2.75, 3.05) is 18.5 Å². The van der Waals surface area contributed by atoms with Gasteiger partial charge in [0.15, 0.2) is 11.7 Å². The lowest BCUT2D eigenvalue weighted by Gasteiger charge is -2.03. The molecule has 0 bridgehead atoms. The van der Waals surface area contributed by atoms with Gasteiger partial charge in [0.1, 0.15) is 0 Å². The van der Waals surface area contributed by atoms with Crippen LogP contribution < -0.4 is 5.32 Å². The molecule has 23 heavy (non-hydrogen) atoms. The van der Waals surface area contributed by atoms with Gasteiger partial charge in [-0.15, -0.1) is 11.3 Å². The SMILES string of the molecule is CCOC(=O)Cc1csc(NC(=O)COC(=O)c2ccsc2)n1. The molecule has 0 aliphatic carbocycles. The highest BCUT2D eigenvalue weighted by Crippen LogP contribution is 2.16. The van der Waals surface area contributed by atoms with Crippen LogP contribution in [-0.2, 0) is 25.5 Å². The molecule has 2 aromatic rings. The van der Waals surface area contributed by atoms with Gasteiger partial charge in [0.05, 0.1) is 24.3 Å². The number of carbonyl (C=O) groups excluding carboxylic acids is 3. The average Bonchev–Trinajstić information content (AvgIpc) is 3.17. The molecule has 0 fully saturated rings. The third kappa shape index (κ3) is 5.46. The van der Waals surface area contributed by atoms with Crippen LogP contribution in [0.1, 0.15) is 23.0 Å². The Morgan fingerprint density at radius 1 is 1.26 bits per heavy atom. The normalized spacial score (nSPS) is 10.1. The summed E-state index contributed by atoms with van der Waals surface area (Å²) in [5.41, 5.74) is 0.924. The number of nitrogens with zero attached hydrogens (tertiary/aromatic N) is 1. The third-order valence-corrected chi connectivity index (χ3v) is 4.01. The van der Waals surface area contributed by atoms with E-state index in [4.69, 9.17) is 9.47 Å². The quantitative estimate of drug-likeness (QED) is 0.765. The summed E-state index contributed by atoms with van der Waals surface area (Å²) in [6.45, 7) is 1.63. The first-order valence-corrected chi connectivity index (χ1v) is 8.50. The van der Waals surface area contributed by atoms with Crippen molar-refractivity contribution in [2.45, 2.75) is 13.3 Å². The minimum atomic E-state index is -0.552. The van der Waals surface area contributed by atoms with Crippen molar-refractivity contribution in [3.63, 3.8) is 0 Å². The van der Waals surface area contributed by atoms with E-state index < -0.39 is 18.5 Å². The second-order valence-corrected chi connectivity index (χ2v) is 5.90. The minimum Gasteiger partial charge on any atom is -0.466 e. The van der Waals surface area contributed by atoms with Crippen LogP contribution in [0.5, 0.6) is 0 Å². The molecule has 0 atom stereocenters. The predicted octanol–water partition coefficient (Wildman–Crippen LogP) is 2.11. The standard InChI is InChI=1S/C14H14N2O5S2/c1-2-20-12(18)5-10-8-23-14(15-10)16-11(17)6-21-13(19)9-3-4-22-7-9/h3-4,7-8H,2,5-6H2,1H3,(H,15,16,17). The Kier molecular flexibility index (Phi) is 6.24. The number of rotatable bonds is 7. The molecule has 0 radical (unpaired) electrons. The Bertz CT molecular complexity index is 681. The first-order chi connectivity index (χ1) is 11.1. The van der Waals surface area contributed by atoms with Gasteiger partial charge < -0.3 is 9.47 Å². The van der Waals surface area contributed by atoms with Crippen LogP contribution in [0.25, 0.3) is 0 Å². The highest BCUT2D eigenvalue weighted by atomic mass is 32.1. The summed E-state index contributed by atoms with van der Waals surface area (Å²) >= 11 is 2.55. The van der Waals surface area contributed by atoms with Crippen LogP contribution in [0.3, 0.4) is 0 Å². The number of nitrogens with one attached hydrogen (secondary N) is 1. The smallest absolute Gasteiger partial charge is 0.339 e. The van der Waals surface area contributed by atoms with Crippen molar-refractivity contribution < 1.29 is 23.9 Å². The van der Waals surface area contributed by atoms with Gasteiger partial charge in [-0.1, -0.05) is 0 Å². The third-order valence-electron chi connectivity index (χ3n) is 2.52. The van der Waals surface area contributed by atoms with E-state index in [0.29, 0.717) is 23.0 Å². The number of ether oxygens (including phenoxy) is 2. The number of hydrogen-bond acceptors (Lipinski definition) is 8. The lowest BCUT2D eigenvalue weighted by Crippen LogP contribution is -2.20. The number of hydrogen-bond donors (Lipinski definition) is 1. The fraction of sp³-hybridized carbons (Fsp3) is 0.286. The summed E-state index contributed by atoms with van der Waals surface area (Å²) in [5, 5.41) is 7.89. The number of anilines is 1. The van der Waals surface area contributed by atoms with E-state index in [-0.39, 0.29) is 12.4 Å². The molecular formula is C14H14N2O5S2.